The molecule has 3 nitrogen and oxygen atoms in total. The van der Waals surface area contributed by atoms with Gasteiger partial charge in [-0.25, -0.2) is 0 Å². The van der Waals surface area contributed by atoms with Crippen molar-refractivity contribution in [3.8, 4) is 50.2 Å². The van der Waals surface area contributed by atoms with Crippen LogP contribution in [-0.2, 0) is 0 Å². The van der Waals surface area contributed by atoms with Crippen LogP contribution in [0.3, 0.4) is 0 Å². The van der Waals surface area contributed by atoms with Gasteiger partial charge in [0.2, 0.25) is 0 Å². The lowest BCUT2D eigenvalue weighted by Gasteiger charge is -2.26. The number of para-hydroxylation sites is 3. The van der Waals surface area contributed by atoms with Gasteiger partial charge in [-0.3, -0.25) is 0 Å². The summed E-state index contributed by atoms with van der Waals surface area (Å²) in [5.74, 6) is 0. The Balaban J connectivity index is 0.827. The van der Waals surface area contributed by atoms with Crippen LogP contribution >= 0.6 is 0 Å². The molecule has 0 atom stereocenters. The van der Waals surface area contributed by atoms with Gasteiger partial charge in [0.15, 0.2) is 5.58 Å². The molecule has 0 aliphatic rings. The second-order valence-corrected chi connectivity index (χ2v) is 17.3. The van der Waals surface area contributed by atoms with E-state index in [1.165, 1.54) is 77.2 Å². The SMILES string of the molecule is c1ccc(-c2ccc(N(c3ccc(-c4ccc(-c5ccc(-c6cccc7c6c6ccccc6n7-c6ccccc6)cc5)cc4)cc3)c3cccc4c3oc3ccc5ccccc5c34)cc2)cc1. The summed E-state index contributed by atoms with van der Waals surface area (Å²) in [6.45, 7) is 0. The average molecular weight is 855 g/mol. The second kappa shape index (κ2) is 16.0. The smallest absolute Gasteiger partial charge is 0.159 e. The molecule has 0 unspecified atom stereocenters. The van der Waals surface area contributed by atoms with E-state index in [0.717, 1.165) is 44.6 Å². The molecule has 0 saturated heterocycles. The minimum atomic E-state index is 0.862. The van der Waals surface area contributed by atoms with Crippen LogP contribution in [0.1, 0.15) is 0 Å². The number of benzene rings is 11. The molecule has 2 aromatic heterocycles. The quantitative estimate of drug-likeness (QED) is 0.152. The third-order valence-electron chi connectivity index (χ3n) is 13.4. The Morgan fingerprint density at radius 2 is 0.806 bits per heavy atom. The zero-order valence-corrected chi connectivity index (χ0v) is 36.6. The Morgan fingerprint density at radius 3 is 1.46 bits per heavy atom. The lowest BCUT2D eigenvalue weighted by Crippen LogP contribution is -2.10. The number of furan rings is 1. The van der Waals surface area contributed by atoms with Crippen molar-refractivity contribution in [3.63, 3.8) is 0 Å². The molecule has 67 heavy (non-hydrogen) atoms. The van der Waals surface area contributed by atoms with Crippen LogP contribution in [-0.4, -0.2) is 4.57 Å². The van der Waals surface area contributed by atoms with E-state index in [0.29, 0.717) is 0 Å². The Kier molecular flexibility index (Phi) is 9.17. The van der Waals surface area contributed by atoms with Crippen LogP contribution < -0.4 is 4.90 Å². The average Bonchev–Trinajstić information content (AvgIpc) is 3.97. The number of hydrogen-bond acceptors (Lipinski definition) is 2. The van der Waals surface area contributed by atoms with Gasteiger partial charge >= 0.3 is 0 Å². The maximum absolute atomic E-state index is 6.78. The van der Waals surface area contributed by atoms with Crippen LogP contribution in [0.4, 0.5) is 17.1 Å². The summed E-state index contributed by atoms with van der Waals surface area (Å²) >= 11 is 0. The molecule has 2 heterocycles. The topological polar surface area (TPSA) is 21.3 Å². The van der Waals surface area contributed by atoms with Crippen molar-refractivity contribution in [2.24, 2.45) is 0 Å². The zero-order valence-electron chi connectivity index (χ0n) is 36.6. The number of rotatable bonds is 8. The molecule has 0 radical (unpaired) electrons. The Labute approximate surface area is 388 Å². The van der Waals surface area contributed by atoms with Gasteiger partial charge in [-0.05, 0) is 116 Å². The van der Waals surface area contributed by atoms with E-state index in [-0.39, 0.29) is 0 Å². The van der Waals surface area contributed by atoms with Crippen molar-refractivity contribution in [2.45, 2.75) is 0 Å². The van der Waals surface area contributed by atoms with Crippen molar-refractivity contribution < 1.29 is 4.42 Å². The van der Waals surface area contributed by atoms with Crippen molar-refractivity contribution >= 4 is 71.6 Å². The van der Waals surface area contributed by atoms with Crippen LogP contribution in [0.25, 0.3) is 105 Å². The highest BCUT2D eigenvalue weighted by atomic mass is 16.3. The molecule has 0 bridgehead atoms. The minimum Gasteiger partial charge on any atom is -0.454 e. The fraction of sp³-hybridized carbons (Fsp3) is 0. The monoisotopic (exact) mass is 854 g/mol. The van der Waals surface area contributed by atoms with E-state index in [2.05, 4.69) is 264 Å². The number of hydrogen-bond donors (Lipinski definition) is 0. The molecule has 13 aromatic rings. The number of fused-ring (bicyclic) bond motifs is 8. The standard InChI is InChI=1S/C64H42N2O/c1-3-13-43(14-4-1)47-33-38-52(39-34-47)65(60-24-12-21-57-63-55-18-8-7-15-49(55)37-42-61(63)67-64(57)60)53-40-35-48(36-41-53)45-27-25-44(26-28-45)46-29-31-50(32-30-46)54-20-11-23-59-62(54)56-19-9-10-22-58(56)66(59)51-16-5-2-6-17-51/h1-42H. The van der Waals surface area contributed by atoms with Gasteiger partial charge in [-0.1, -0.05) is 194 Å². The van der Waals surface area contributed by atoms with E-state index in [1.54, 1.807) is 0 Å². The molecule has 3 heteroatoms. The molecule has 0 aliphatic heterocycles. The van der Waals surface area contributed by atoms with Gasteiger partial charge in [-0.2, -0.15) is 0 Å². The van der Waals surface area contributed by atoms with E-state index < -0.39 is 0 Å². The van der Waals surface area contributed by atoms with Gasteiger partial charge < -0.3 is 13.9 Å². The first kappa shape index (κ1) is 38.5. The summed E-state index contributed by atoms with van der Waals surface area (Å²) in [5, 5.41) is 7.17. The fourth-order valence-corrected chi connectivity index (χ4v) is 10.2. The Morgan fingerprint density at radius 1 is 0.313 bits per heavy atom. The largest absolute Gasteiger partial charge is 0.454 e. The third kappa shape index (κ3) is 6.59. The van der Waals surface area contributed by atoms with Crippen LogP contribution in [0.5, 0.6) is 0 Å². The minimum absolute atomic E-state index is 0.862. The predicted octanol–water partition coefficient (Wildman–Crippen LogP) is 18.0. The number of nitrogens with zero attached hydrogens (tertiary/aromatic N) is 2. The first-order valence-electron chi connectivity index (χ1n) is 22.9. The van der Waals surface area contributed by atoms with E-state index in [4.69, 9.17) is 4.42 Å². The summed E-state index contributed by atoms with van der Waals surface area (Å²) < 4.78 is 9.16. The van der Waals surface area contributed by atoms with Gasteiger partial charge in [0.1, 0.15) is 5.58 Å². The Bertz CT molecular complexity index is 3920. The van der Waals surface area contributed by atoms with E-state index in [1.807, 2.05) is 0 Å². The summed E-state index contributed by atoms with van der Waals surface area (Å²) in [7, 11) is 0. The summed E-state index contributed by atoms with van der Waals surface area (Å²) in [6.07, 6.45) is 0. The van der Waals surface area contributed by atoms with Gasteiger partial charge in [0.05, 0.1) is 16.7 Å². The molecule has 0 spiro atoms. The molecule has 0 N–H and O–H groups in total. The molecule has 0 saturated carbocycles. The summed E-state index contributed by atoms with van der Waals surface area (Å²) in [5.41, 5.74) is 17.9. The maximum Gasteiger partial charge on any atom is 0.159 e. The summed E-state index contributed by atoms with van der Waals surface area (Å²) in [4.78, 5) is 2.32. The lowest BCUT2D eigenvalue weighted by molar-refractivity contribution is 0.669. The second-order valence-electron chi connectivity index (χ2n) is 17.3. The van der Waals surface area contributed by atoms with Gasteiger partial charge in [0, 0.05) is 38.6 Å². The highest BCUT2D eigenvalue weighted by Gasteiger charge is 2.21. The molecule has 13 rings (SSSR count). The van der Waals surface area contributed by atoms with Gasteiger partial charge in [0.25, 0.3) is 0 Å². The molecular formula is C64H42N2O. The van der Waals surface area contributed by atoms with Crippen LogP contribution in [0, 0.1) is 0 Å². The molecule has 11 aromatic carbocycles. The molecular weight excluding hydrogens is 813 g/mol. The lowest BCUT2D eigenvalue weighted by atomic mass is 9.96. The van der Waals surface area contributed by atoms with Crippen molar-refractivity contribution in [1.29, 1.82) is 0 Å². The first-order valence-corrected chi connectivity index (χ1v) is 22.9. The maximum atomic E-state index is 6.78. The molecule has 314 valence electrons. The molecule has 0 amide bonds. The van der Waals surface area contributed by atoms with E-state index >= 15 is 0 Å². The third-order valence-corrected chi connectivity index (χ3v) is 13.4. The van der Waals surface area contributed by atoms with Crippen LogP contribution in [0.15, 0.2) is 259 Å². The first-order chi connectivity index (χ1) is 33.2. The Hall–Kier alpha value is -8.92. The predicted molar refractivity (Wildman–Crippen MR) is 282 cm³/mol. The normalized spacial score (nSPS) is 11.6. The van der Waals surface area contributed by atoms with E-state index in [9.17, 15) is 0 Å². The number of anilines is 3. The highest BCUT2D eigenvalue weighted by molar-refractivity contribution is 6.21. The zero-order chi connectivity index (χ0) is 44.3. The van der Waals surface area contributed by atoms with Crippen molar-refractivity contribution in [2.75, 3.05) is 4.90 Å². The fourth-order valence-electron chi connectivity index (χ4n) is 10.2. The van der Waals surface area contributed by atoms with Crippen molar-refractivity contribution in [3.05, 3.63) is 255 Å². The molecule has 0 fully saturated rings. The summed E-state index contributed by atoms with van der Waals surface area (Å²) in [6, 6.07) is 91.6. The van der Waals surface area contributed by atoms with Crippen molar-refractivity contribution in [1.82, 2.24) is 4.57 Å². The highest BCUT2D eigenvalue weighted by Crippen LogP contribution is 2.45. The number of aromatic nitrogens is 1. The van der Waals surface area contributed by atoms with Crippen LogP contribution in [0.2, 0.25) is 0 Å². The molecule has 0 aliphatic carbocycles. The van der Waals surface area contributed by atoms with Gasteiger partial charge in [-0.15, -0.1) is 0 Å².